The highest BCUT2D eigenvalue weighted by molar-refractivity contribution is 9.10. The minimum atomic E-state index is 0.573. The van der Waals surface area contributed by atoms with Crippen molar-refractivity contribution in [1.82, 2.24) is 5.32 Å². The SMILES string of the molecule is NCCNCCCc1c(OCc2ccc(Br)cc2)ccc2ccccc12. The molecule has 0 bridgehead atoms. The summed E-state index contributed by atoms with van der Waals surface area (Å²) >= 11 is 3.47. The van der Waals surface area contributed by atoms with E-state index in [1.807, 2.05) is 12.1 Å². The first-order chi connectivity index (χ1) is 12.8. The van der Waals surface area contributed by atoms with Crippen LogP contribution < -0.4 is 15.8 Å². The van der Waals surface area contributed by atoms with Crippen molar-refractivity contribution in [2.75, 3.05) is 19.6 Å². The summed E-state index contributed by atoms with van der Waals surface area (Å²) in [5.41, 5.74) is 7.99. The minimum absolute atomic E-state index is 0.573. The second-order valence-electron chi connectivity index (χ2n) is 6.32. The summed E-state index contributed by atoms with van der Waals surface area (Å²) in [5, 5.41) is 5.90. The second kappa shape index (κ2) is 9.72. The third-order valence-corrected chi connectivity index (χ3v) is 4.94. The molecule has 4 heteroatoms. The summed E-state index contributed by atoms with van der Waals surface area (Å²) in [5.74, 6) is 0.977. The normalized spacial score (nSPS) is 11.0. The van der Waals surface area contributed by atoms with Gasteiger partial charge >= 0.3 is 0 Å². The highest BCUT2D eigenvalue weighted by atomic mass is 79.9. The number of nitrogens with two attached hydrogens (primary N) is 1. The zero-order valence-corrected chi connectivity index (χ0v) is 16.5. The van der Waals surface area contributed by atoms with Gasteiger partial charge in [-0.25, -0.2) is 0 Å². The molecule has 0 amide bonds. The molecule has 3 nitrogen and oxygen atoms in total. The van der Waals surface area contributed by atoms with E-state index in [-0.39, 0.29) is 0 Å². The van der Waals surface area contributed by atoms with Gasteiger partial charge in [0.2, 0.25) is 0 Å². The highest BCUT2D eigenvalue weighted by Gasteiger charge is 2.09. The maximum atomic E-state index is 6.19. The first kappa shape index (κ1) is 18.9. The van der Waals surface area contributed by atoms with Crippen LogP contribution in [-0.2, 0) is 13.0 Å². The summed E-state index contributed by atoms with van der Waals surface area (Å²) in [7, 11) is 0. The van der Waals surface area contributed by atoms with E-state index in [1.165, 1.54) is 16.3 Å². The van der Waals surface area contributed by atoms with Gasteiger partial charge in [0.1, 0.15) is 12.4 Å². The fourth-order valence-corrected chi connectivity index (χ4v) is 3.33. The molecule has 0 unspecified atom stereocenters. The van der Waals surface area contributed by atoms with Crippen molar-refractivity contribution in [3.8, 4) is 5.75 Å². The molecule has 0 aliphatic rings. The van der Waals surface area contributed by atoms with Gasteiger partial charge in [0.05, 0.1) is 0 Å². The van der Waals surface area contributed by atoms with Crippen molar-refractivity contribution < 1.29 is 4.74 Å². The largest absolute Gasteiger partial charge is 0.489 e. The highest BCUT2D eigenvalue weighted by Crippen LogP contribution is 2.30. The lowest BCUT2D eigenvalue weighted by Crippen LogP contribution is -2.23. The molecule has 0 atom stereocenters. The van der Waals surface area contributed by atoms with E-state index in [0.717, 1.165) is 41.7 Å². The Hall–Kier alpha value is -1.88. The molecular weight excluding hydrogens is 388 g/mol. The number of hydrogen-bond acceptors (Lipinski definition) is 3. The summed E-state index contributed by atoms with van der Waals surface area (Å²) in [6.45, 7) is 3.08. The molecule has 0 spiro atoms. The predicted octanol–water partition coefficient (Wildman–Crippen LogP) is 4.66. The van der Waals surface area contributed by atoms with E-state index in [1.54, 1.807) is 0 Å². The zero-order valence-electron chi connectivity index (χ0n) is 14.9. The Morgan fingerprint density at radius 2 is 1.73 bits per heavy atom. The quantitative estimate of drug-likeness (QED) is 0.502. The lowest BCUT2D eigenvalue weighted by Gasteiger charge is -2.15. The van der Waals surface area contributed by atoms with Crippen LogP contribution in [0.15, 0.2) is 65.1 Å². The van der Waals surface area contributed by atoms with Gasteiger partial charge in [-0.2, -0.15) is 0 Å². The van der Waals surface area contributed by atoms with Crippen LogP contribution >= 0.6 is 15.9 Å². The number of aryl methyl sites for hydroxylation is 1. The second-order valence-corrected chi connectivity index (χ2v) is 7.24. The van der Waals surface area contributed by atoms with Crippen LogP contribution in [0, 0.1) is 0 Å². The Morgan fingerprint density at radius 1 is 0.923 bits per heavy atom. The predicted molar refractivity (Wildman–Crippen MR) is 113 cm³/mol. The van der Waals surface area contributed by atoms with E-state index in [2.05, 4.69) is 69.8 Å². The fourth-order valence-electron chi connectivity index (χ4n) is 3.07. The van der Waals surface area contributed by atoms with Gasteiger partial charge in [0, 0.05) is 23.1 Å². The molecule has 0 saturated heterocycles. The number of hydrogen-bond donors (Lipinski definition) is 2. The lowest BCUT2D eigenvalue weighted by atomic mass is 9.99. The topological polar surface area (TPSA) is 47.3 Å². The molecule has 3 aromatic rings. The number of benzene rings is 3. The molecule has 0 aliphatic carbocycles. The first-order valence-corrected chi connectivity index (χ1v) is 9.86. The molecule has 0 fully saturated rings. The maximum Gasteiger partial charge on any atom is 0.123 e. The molecule has 136 valence electrons. The minimum Gasteiger partial charge on any atom is -0.489 e. The third-order valence-electron chi connectivity index (χ3n) is 4.41. The van der Waals surface area contributed by atoms with Crippen LogP contribution in [-0.4, -0.2) is 19.6 Å². The van der Waals surface area contributed by atoms with Crippen molar-refractivity contribution in [2.45, 2.75) is 19.4 Å². The molecule has 0 heterocycles. The van der Waals surface area contributed by atoms with Gasteiger partial charge in [-0.15, -0.1) is 0 Å². The Kier molecular flexibility index (Phi) is 7.06. The Bertz CT molecular complexity index is 833. The molecule has 3 aromatic carbocycles. The molecule has 3 rings (SSSR count). The average Bonchev–Trinajstić information content (AvgIpc) is 2.68. The Labute approximate surface area is 163 Å². The Morgan fingerprint density at radius 3 is 2.54 bits per heavy atom. The summed E-state index contributed by atoms with van der Waals surface area (Å²) in [4.78, 5) is 0. The monoisotopic (exact) mass is 412 g/mol. The molecule has 0 aromatic heterocycles. The number of fused-ring (bicyclic) bond motifs is 1. The van der Waals surface area contributed by atoms with Gasteiger partial charge < -0.3 is 15.8 Å². The maximum absolute atomic E-state index is 6.19. The van der Waals surface area contributed by atoms with E-state index in [4.69, 9.17) is 10.5 Å². The molecule has 3 N–H and O–H groups in total. The van der Waals surface area contributed by atoms with E-state index >= 15 is 0 Å². The van der Waals surface area contributed by atoms with Gasteiger partial charge in [0.25, 0.3) is 0 Å². The lowest BCUT2D eigenvalue weighted by molar-refractivity contribution is 0.303. The van der Waals surface area contributed by atoms with E-state index in [0.29, 0.717) is 13.2 Å². The van der Waals surface area contributed by atoms with Crippen LogP contribution in [0.4, 0.5) is 0 Å². The number of nitrogens with one attached hydrogen (secondary N) is 1. The molecule has 0 radical (unpaired) electrons. The van der Waals surface area contributed by atoms with Gasteiger partial charge in [-0.3, -0.25) is 0 Å². The number of ether oxygens (including phenoxy) is 1. The van der Waals surface area contributed by atoms with Gasteiger partial charge in [-0.05, 0) is 53.9 Å². The van der Waals surface area contributed by atoms with Crippen molar-refractivity contribution in [1.29, 1.82) is 0 Å². The fraction of sp³-hybridized carbons (Fsp3) is 0.273. The first-order valence-electron chi connectivity index (χ1n) is 9.06. The van der Waals surface area contributed by atoms with Crippen LogP contribution in [0.2, 0.25) is 0 Å². The van der Waals surface area contributed by atoms with E-state index < -0.39 is 0 Å². The smallest absolute Gasteiger partial charge is 0.123 e. The van der Waals surface area contributed by atoms with Crippen LogP contribution in [0.3, 0.4) is 0 Å². The van der Waals surface area contributed by atoms with Crippen LogP contribution in [0.25, 0.3) is 10.8 Å². The standard InChI is InChI=1S/C22H25BrN2O/c23-19-10-7-17(8-11-19)16-26-22-12-9-18-4-1-2-5-20(18)21(22)6-3-14-25-15-13-24/h1-2,4-5,7-12,25H,3,6,13-16,24H2. The molecule has 26 heavy (non-hydrogen) atoms. The van der Waals surface area contributed by atoms with Crippen molar-refractivity contribution in [3.05, 3.63) is 76.3 Å². The van der Waals surface area contributed by atoms with Crippen molar-refractivity contribution in [3.63, 3.8) is 0 Å². The third kappa shape index (κ3) is 5.07. The zero-order chi connectivity index (χ0) is 18.2. The number of halogens is 1. The van der Waals surface area contributed by atoms with Crippen molar-refractivity contribution in [2.24, 2.45) is 5.73 Å². The van der Waals surface area contributed by atoms with Crippen LogP contribution in [0.5, 0.6) is 5.75 Å². The van der Waals surface area contributed by atoms with E-state index in [9.17, 15) is 0 Å². The summed E-state index contributed by atoms with van der Waals surface area (Å²) in [6, 6.07) is 21.0. The molecule has 0 saturated carbocycles. The van der Waals surface area contributed by atoms with Gasteiger partial charge in [0.15, 0.2) is 0 Å². The average molecular weight is 413 g/mol. The Balaban J connectivity index is 1.76. The number of rotatable bonds is 9. The van der Waals surface area contributed by atoms with Crippen LogP contribution in [0.1, 0.15) is 17.5 Å². The summed E-state index contributed by atoms with van der Waals surface area (Å²) < 4.78 is 7.27. The molecule has 0 aliphatic heterocycles. The van der Waals surface area contributed by atoms with Crippen molar-refractivity contribution >= 4 is 26.7 Å². The van der Waals surface area contributed by atoms with Gasteiger partial charge in [-0.1, -0.05) is 58.4 Å². The summed E-state index contributed by atoms with van der Waals surface area (Å²) in [6.07, 6.45) is 2.04. The molecular formula is C22H25BrN2O.